The fraction of sp³-hybridized carbons (Fsp3) is 0.160. The normalized spacial score (nSPS) is 13.4. The number of nitrogens with one attached hydrogen (secondary N) is 3. The number of nitrogens with two attached hydrogens (primary N) is 1. The Morgan fingerprint density at radius 1 is 1.15 bits per heavy atom. The number of H-pyrrole nitrogens is 2. The molecule has 0 saturated heterocycles. The number of halogens is 3. The lowest BCUT2D eigenvalue weighted by Gasteiger charge is -2.23. The number of carboxylic acids is 1. The van der Waals surface area contributed by atoms with E-state index < -0.39 is 84.0 Å². The monoisotopic (exact) mass is 576 g/mol. The lowest BCUT2D eigenvalue weighted by atomic mass is 10.1. The second-order valence-corrected chi connectivity index (χ2v) is 8.37. The van der Waals surface area contributed by atoms with Crippen molar-refractivity contribution in [1.82, 2.24) is 20.3 Å². The standard InChI is InChI=1S/C25H20F3N7O6/c26-25(27,28)23(41)35(11-14-10-30-19-18(31-14)21(38)34-24(29)33-19)15-5-3-13(4-6-15)20(37)32-17(22(39)40)9-12-1-7-16(36)8-2-12/h1-8,10,17,36H,9,11H2,(H,32,37)(H,39,40)(H3,29,30,33,34,38)/p+1/t17-/m0/s1/i1D,2D,7D,8D. The van der Waals surface area contributed by atoms with E-state index in [0.29, 0.717) is 0 Å². The van der Waals surface area contributed by atoms with E-state index in [1.54, 1.807) is 0 Å². The van der Waals surface area contributed by atoms with Crippen LogP contribution in [0.15, 0.2) is 59.4 Å². The average Bonchev–Trinajstić information content (AvgIpc) is 2.98. The van der Waals surface area contributed by atoms with Crippen LogP contribution in [-0.4, -0.2) is 55.2 Å². The minimum atomic E-state index is -5.34. The van der Waals surface area contributed by atoms with E-state index in [4.69, 9.17) is 11.2 Å². The summed E-state index contributed by atoms with van der Waals surface area (Å²) in [4.78, 5) is 62.0. The van der Waals surface area contributed by atoms with Crippen LogP contribution in [0.25, 0.3) is 11.2 Å². The number of amides is 2. The Kier molecular flexibility index (Phi) is 6.43. The van der Waals surface area contributed by atoms with E-state index in [0.717, 1.165) is 30.5 Å². The largest absolute Gasteiger partial charge is 0.508 e. The molecule has 0 fully saturated rings. The first kappa shape index (κ1) is 23.4. The van der Waals surface area contributed by atoms with Crippen LogP contribution in [0.4, 0.5) is 24.8 Å². The van der Waals surface area contributed by atoms with Gasteiger partial charge in [-0.3, -0.25) is 24.3 Å². The number of carbonyl (C=O) groups is 3. The second-order valence-electron chi connectivity index (χ2n) is 8.37. The quantitative estimate of drug-likeness (QED) is 0.202. The second kappa shape index (κ2) is 11.3. The lowest BCUT2D eigenvalue weighted by Crippen LogP contribution is -2.42. The number of nitrogens with zero attached hydrogens (tertiary/aromatic N) is 3. The number of phenolic OH excluding ortho intramolecular Hbond substituents is 1. The SMILES string of the molecule is [2H]c1c([2H])c(C[C@H](NC(=O)c2ccc(N(Cc3c[nH+]c4nc(N)[nH]c(=O)c4n3)C(=O)C(F)(F)F)cc2)C(=O)O)c([2H])c([2H])c1O. The molecular weight excluding hydrogens is 551 g/mol. The molecule has 2 aromatic carbocycles. The Morgan fingerprint density at radius 2 is 1.80 bits per heavy atom. The Labute approximate surface area is 233 Å². The van der Waals surface area contributed by atoms with Gasteiger partial charge < -0.3 is 21.3 Å². The fourth-order valence-corrected chi connectivity index (χ4v) is 3.57. The minimum Gasteiger partial charge on any atom is -0.508 e. The molecule has 7 N–H and O–H groups in total. The number of aromatic hydroxyl groups is 1. The van der Waals surface area contributed by atoms with E-state index in [-0.39, 0.29) is 39.0 Å². The van der Waals surface area contributed by atoms with Gasteiger partial charge in [-0.15, -0.1) is 0 Å². The van der Waals surface area contributed by atoms with Crippen molar-refractivity contribution in [2.24, 2.45) is 0 Å². The number of benzene rings is 2. The first-order valence-electron chi connectivity index (χ1n) is 13.4. The molecule has 0 bridgehead atoms. The maximum atomic E-state index is 13.5. The number of carboxylic acid groups (broad SMARTS) is 1. The van der Waals surface area contributed by atoms with E-state index in [1.807, 2.05) is 0 Å². The topological polar surface area (TPSA) is 206 Å². The summed E-state index contributed by atoms with van der Waals surface area (Å²) in [6, 6.07) is -0.831. The van der Waals surface area contributed by atoms with Crippen molar-refractivity contribution in [3.63, 3.8) is 0 Å². The number of nitrogen functional groups attached to an aromatic ring is 1. The summed E-state index contributed by atoms with van der Waals surface area (Å²) in [5, 5.41) is 21.5. The first-order valence-corrected chi connectivity index (χ1v) is 11.4. The molecule has 2 heterocycles. The van der Waals surface area contributed by atoms with E-state index in [1.165, 1.54) is 0 Å². The number of rotatable bonds is 8. The van der Waals surface area contributed by atoms with Crippen molar-refractivity contribution >= 4 is 40.6 Å². The molecule has 0 unspecified atom stereocenters. The van der Waals surface area contributed by atoms with Gasteiger partial charge in [-0.25, -0.2) is 14.8 Å². The number of aromatic nitrogens is 4. The van der Waals surface area contributed by atoms with Gasteiger partial charge in [-0.05, 0) is 46.9 Å². The minimum absolute atomic E-state index is 0.0627. The van der Waals surface area contributed by atoms with Gasteiger partial charge in [-0.2, -0.15) is 13.2 Å². The number of anilines is 2. The summed E-state index contributed by atoms with van der Waals surface area (Å²) in [5.41, 5.74) is 3.15. The van der Waals surface area contributed by atoms with Crippen LogP contribution >= 0.6 is 0 Å². The number of aromatic amines is 2. The summed E-state index contributed by atoms with van der Waals surface area (Å²) < 4.78 is 71.8. The highest BCUT2D eigenvalue weighted by molar-refractivity contribution is 5.99. The highest BCUT2D eigenvalue weighted by Crippen LogP contribution is 2.26. The smallest absolute Gasteiger partial charge is 0.471 e. The lowest BCUT2D eigenvalue weighted by molar-refractivity contribution is -0.349. The zero-order valence-corrected chi connectivity index (χ0v) is 20.5. The average molecular weight is 577 g/mol. The molecule has 4 rings (SSSR count). The Bertz CT molecular complexity index is 1880. The van der Waals surface area contributed by atoms with Crippen LogP contribution < -0.4 is 26.5 Å². The van der Waals surface area contributed by atoms with Gasteiger partial charge in [0.25, 0.3) is 11.5 Å². The van der Waals surface area contributed by atoms with Crippen molar-refractivity contribution in [2.75, 3.05) is 10.6 Å². The molecule has 0 radical (unpaired) electrons. The van der Waals surface area contributed by atoms with Gasteiger partial charge >= 0.3 is 29.6 Å². The molecule has 0 aliphatic carbocycles. The van der Waals surface area contributed by atoms with Gasteiger partial charge in [0, 0.05) is 17.7 Å². The number of carbonyl (C=O) groups excluding carboxylic acids is 2. The van der Waals surface area contributed by atoms with Crippen LogP contribution in [-0.2, 0) is 22.6 Å². The molecule has 0 aliphatic rings. The third kappa shape index (κ3) is 6.73. The van der Waals surface area contributed by atoms with Crippen molar-refractivity contribution in [3.05, 3.63) is 81.8 Å². The first-order chi connectivity index (χ1) is 21.0. The van der Waals surface area contributed by atoms with Crippen LogP contribution in [0.3, 0.4) is 0 Å². The summed E-state index contributed by atoms with van der Waals surface area (Å²) >= 11 is 0. The van der Waals surface area contributed by atoms with Gasteiger partial charge in [0.15, 0.2) is 0 Å². The Balaban J connectivity index is 1.60. The van der Waals surface area contributed by atoms with Crippen molar-refractivity contribution in [3.8, 4) is 5.75 Å². The number of hydrogen-bond donors (Lipinski definition) is 5. The number of fused-ring (bicyclic) bond motifs is 1. The maximum Gasteiger partial charge on any atom is 0.471 e. The zero-order chi connectivity index (χ0) is 33.4. The van der Waals surface area contributed by atoms with Crippen LogP contribution in [0.5, 0.6) is 5.75 Å². The van der Waals surface area contributed by atoms with Crippen LogP contribution in [0, 0.1) is 0 Å². The summed E-state index contributed by atoms with van der Waals surface area (Å²) in [6.07, 6.45) is -4.92. The van der Waals surface area contributed by atoms with Gasteiger partial charge in [0.2, 0.25) is 5.52 Å². The van der Waals surface area contributed by atoms with Gasteiger partial charge in [-0.1, -0.05) is 12.1 Å². The van der Waals surface area contributed by atoms with E-state index in [2.05, 4.69) is 25.3 Å². The number of phenols is 1. The van der Waals surface area contributed by atoms with Crippen molar-refractivity contribution in [2.45, 2.75) is 25.2 Å². The molecule has 4 aromatic rings. The van der Waals surface area contributed by atoms with Crippen molar-refractivity contribution in [1.29, 1.82) is 0 Å². The summed E-state index contributed by atoms with van der Waals surface area (Å²) in [6.45, 7) is -0.783. The number of hydrogen-bond acceptors (Lipinski definition) is 8. The molecule has 2 amide bonds. The highest BCUT2D eigenvalue weighted by Gasteiger charge is 2.43. The third-order valence-corrected chi connectivity index (χ3v) is 5.47. The molecular formula is C25H21F3N7O6+. The molecule has 41 heavy (non-hydrogen) atoms. The predicted molar refractivity (Wildman–Crippen MR) is 136 cm³/mol. The maximum absolute atomic E-state index is 13.5. The molecule has 16 heteroatoms. The van der Waals surface area contributed by atoms with Crippen molar-refractivity contribution < 1.29 is 48.2 Å². The summed E-state index contributed by atoms with van der Waals surface area (Å²) in [7, 11) is 0. The number of aliphatic carboxylic acids is 1. The predicted octanol–water partition coefficient (Wildman–Crippen LogP) is 0.941. The van der Waals surface area contributed by atoms with E-state index >= 15 is 0 Å². The molecule has 0 saturated carbocycles. The van der Waals surface area contributed by atoms with E-state index in [9.17, 15) is 42.6 Å². The van der Waals surface area contributed by atoms with Crippen LogP contribution in [0.2, 0.25) is 0 Å². The Morgan fingerprint density at radius 3 is 2.41 bits per heavy atom. The molecule has 2 aromatic heterocycles. The summed E-state index contributed by atoms with van der Waals surface area (Å²) in [5.74, 6) is -6.12. The molecule has 13 nitrogen and oxygen atoms in total. The van der Waals surface area contributed by atoms with Gasteiger partial charge in [0.05, 0.1) is 12.0 Å². The molecule has 212 valence electrons. The third-order valence-electron chi connectivity index (χ3n) is 5.47. The highest BCUT2D eigenvalue weighted by atomic mass is 19.4. The zero-order valence-electron chi connectivity index (χ0n) is 24.5. The molecule has 0 spiro atoms. The molecule has 0 aliphatic heterocycles. The van der Waals surface area contributed by atoms with Crippen LogP contribution in [0.1, 0.15) is 27.1 Å². The fourth-order valence-electron chi connectivity index (χ4n) is 3.57. The molecule has 1 atom stereocenters. The number of alkyl halides is 3. The van der Waals surface area contributed by atoms with Gasteiger partial charge in [0.1, 0.15) is 23.7 Å². The Hall–Kier alpha value is -5.54.